The Balaban J connectivity index is 1.53. The predicted molar refractivity (Wildman–Crippen MR) is 98.3 cm³/mol. The molecule has 1 saturated carbocycles. The molecule has 1 N–H and O–H groups in total. The van der Waals surface area contributed by atoms with Gasteiger partial charge in [-0.15, -0.1) is 0 Å². The molecule has 1 aromatic heterocycles. The number of carbonyl (C=O) groups is 2. The number of rotatable bonds is 4. The fourth-order valence-electron chi connectivity index (χ4n) is 3.60. The summed E-state index contributed by atoms with van der Waals surface area (Å²) in [7, 11) is 0. The van der Waals surface area contributed by atoms with Crippen molar-refractivity contribution in [2.45, 2.75) is 45.1 Å². The molecule has 3 amide bonds. The fraction of sp³-hybridized carbons (Fsp3) is 0.632. The summed E-state index contributed by atoms with van der Waals surface area (Å²) in [4.78, 5) is 32.9. The van der Waals surface area contributed by atoms with Crippen LogP contribution in [0.25, 0.3) is 0 Å². The zero-order chi connectivity index (χ0) is 18.4. The minimum absolute atomic E-state index is 0.000354. The first-order valence-electron chi connectivity index (χ1n) is 9.61. The molecule has 7 nitrogen and oxygen atoms in total. The van der Waals surface area contributed by atoms with Gasteiger partial charge in [0.1, 0.15) is 5.56 Å². The quantitative estimate of drug-likeness (QED) is 0.894. The highest BCUT2D eigenvalue weighted by Gasteiger charge is 2.27. The second-order valence-corrected chi connectivity index (χ2v) is 6.85. The Labute approximate surface area is 154 Å². The molecule has 0 aromatic carbocycles. The third-order valence-electron chi connectivity index (χ3n) is 5.07. The van der Waals surface area contributed by atoms with Crippen molar-refractivity contribution < 1.29 is 14.3 Å². The molecule has 0 unspecified atom stereocenters. The van der Waals surface area contributed by atoms with Crippen molar-refractivity contribution in [1.82, 2.24) is 20.1 Å². The Bertz CT molecular complexity index is 623. The van der Waals surface area contributed by atoms with Crippen LogP contribution in [0.1, 0.15) is 49.4 Å². The average Bonchev–Trinajstić information content (AvgIpc) is 2.69. The van der Waals surface area contributed by atoms with Crippen molar-refractivity contribution in [3.05, 3.63) is 23.9 Å². The summed E-state index contributed by atoms with van der Waals surface area (Å²) in [6.07, 6.45) is 7.43. The molecule has 1 aromatic rings. The first kappa shape index (κ1) is 18.5. The zero-order valence-electron chi connectivity index (χ0n) is 15.4. The van der Waals surface area contributed by atoms with Crippen molar-refractivity contribution in [1.29, 1.82) is 0 Å². The normalized spacial score (nSPS) is 18.5. The molecule has 26 heavy (non-hydrogen) atoms. The number of aromatic nitrogens is 1. The highest BCUT2D eigenvalue weighted by atomic mass is 16.5. The summed E-state index contributed by atoms with van der Waals surface area (Å²) < 4.78 is 5.46. The summed E-state index contributed by atoms with van der Waals surface area (Å²) in [6.45, 7) is 4.48. The van der Waals surface area contributed by atoms with Gasteiger partial charge in [-0.3, -0.25) is 4.79 Å². The van der Waals surface area contributed by atoms with Gasteiger partial charge in [-0.05, 0) is 31.9 Å². The zero-order valence-corrected chi connectivity index (χ0v) is 15.4. The molecular weight excluding hydrogens is 332 g/mol. The van der Waals surface area contributed by atoms with E-state index in [1.54, 1.807) is 23.2 Å². The SMILES string of the molecule is CCOc1ncccc1C(=O)N1CCN(C(=O)NC2CCCCC2)CC1. The lowest BCUT2D eigenvalue weighted by Crippen LogP contribution is -2.54. The van der Waals surface area contributed by atoms with Crippen LogP contribution in [-0.4, -0.2) is 65.5 Å². The van der Waals surface area contributed by atoms with Crippen molar-refractivity contribution >= 4 is 11.9 Å². The summed E-state index contributed by atoms with van der Waals surface area (Å²) in [5.41, 5.74) is 0.481. The predicted octanol–water partition coefficient (Wildman–Crippen LogP) is 2.28. The molecular formula is C19H28N4O3. The molecule has 0 spiro atoms. The first-order chi connectivity index (χ1) is 12.7. The number of carbonyl (C=O) groups excluding carboxylic acids is 2. The number of piperazine rings is 1. The fourth-order valence-corrected chi connectivity index (χ4v) is 3.60. The molecule has 0 atom stereocenters. The van der Waals surface area contributed by atoms with Crippen molar-refractivity contribution in [2.75, 3.05) is 32.8 Å². The van der Waals surface area contributed by atoms with Crippen LogP contribution in [0, 0.1) is 0 Å². The first-order valence-corrected chi connectivity index (χ1v) is 9.61. The van der Waals surface area contributed by atoms with E-state index in [-0.39, 0.29) is 11.9 Å². The molecule has 0 bridgehead atoms. The van der Waals surface area contributed by atoms with E-state index in [9.17, 15) is 9.59 Å². The number of nitrogens with zero attached hydrogens (tertiary/aromatic N) is 3. The van der Waals surface area contributed by atoms with Crippen LogP contribution in [0.2, 0.25) is 0 Å². The molecule has 1 aliphatic carbocycles. The molecule has 2 heterocycles. The maximum Gasteiger partial charge on any atom is 0.317 e. The lowest BCUT2D eigenvalue weighted by Gasteiger charge is -2.36. The smallest absolute Gasteiger partial charge is 0.317 e. The van der Waals surface area contributed by atoms with E-state index in [0.29, 0.717) is 50.3 Å². The highest BCUT2D eigenvalue weighted by molar-refractivity contribution is 5.96. The van der Waals surface area contributed by atoms with Gasteiger partial charge in [-0.2, -0.15) is 0 Å². The number of urea groups is 1. The van der Waals surface area contributed by atoms with Crippen molar-refractivity contribution in [3.63, 3.8) is 0 Å². The minimum Gasteiger partial charge on any atom is -0.477 e. The van der Waals surface area contributed by atoms with Gasteiger partial charge < -0.3 is 19.9 Å². The lowest BCUT2D eigenvalue weighted by molar-refractivity contribution is 0.0657. The van der Waals surface area contributed by atoms with Gasteiger partial charge in [-0.25, -0.2) is 9.78 Å². The number of ether oxygens (including phenoxy) is 1. The second-order valence-electron chi connectivity index (χ2n) is 6.85. The number of nitrogens with one attached hydrogen (secondary N) is 1. The molecule has 142 valence electrons. The summed E-state index contributed by atoms with van der Waals surface area (Å²) in [6, 6.07) is 3.78. The van der Waals surface area contributed by atoms with Gasteiger partial charge in [0, 0.05) is 38.4 Å². The second kappa shape index (κ2) is 8.87. The van der Waals surface area contributed by atoms with Crippen LogP contribution in [-0.2, 0) is 0 Å². The maximum atomic E-state index is 12.8. The molecule has 2 fully saturated rings. The van der Waals surface area contributed by atoms with Gasteiger partial charge in [0.25, 0.3) is 5.91 Å². The molecule has 7 heteroatoms. The lowest BCUT2D eigenvalue weighted by atomic mass is 9.96. The Morgan fingerprint density at radius 1 is 1.15 bits per heavy atom. The van der Waals surface area contributed by atoms with E-state index in [4.69, 9.17) is 4.74 Å². The largest absolute Gasteiger partial charge is 0.477 e. The maximum absolute atomic E-state index is 12.8. The van der Waals surface area contributed by atoms with E-state index in [1.807, 2.05) is 11.8 Å². The highest BCUT2D eigenvalue weighted by Crippen LogP contribution is 2.19. The van der Waals surface area contributed by atoms with E-state index in [1.165, 1.54) is 19.3 Å². The van der Waals surface area contributed by atoms with Crippen LogP contribution < -0.4 is 10.1 Å². The summed E-state index contributed by atoms with van der Waals surface area (Å²) >= 11 is 0. The summed E-state index contributed by atoms with van der Waals surface area (Å²) in [5, 5.41) is 3.14. The van der Waals surface area contributed by atoms with E-state index in [0.717, 1.165) is 12.8 Å². The van der Waals surface area contributed by atoms with Crippen LogP contribution in [0.3, 0.4) is 0 Å². The standard InChI is InChI=1S/C19H28N4O3/c1-2-26-17-16(9-6-10-20-17)18(24)22-11-13-23(14-12-22)19(25)21-15-7-4-3-5-8-15/h6,9-10,15H,2-5,7-8,11-14H2,1H3,(H,21,25). The van der Waals surface area contributed by atoms with E-state index < -0.39 is 0 Å². The van der Waals surface area contributed by atoms with Gasteiger partial charge in [0.15, 0.2) is 0 Å². The van der Waals surface area contributed by atoms with Crippen LogP contribution >= 0.6 is 0 Å². The van der Waals surface area contributed by atoms with Crippen molar-refractivity contribution in [2.24, 2.45) is 0 Å². The number of pyridine rings is 1. The topological polar surface area (TPSA) is 74.8 Å². The van der Waals surface area contributed by atoms with Gasteiger partial charge in [0.2, 0.25) is 5.88 Å². The monoisotopic (exact) mass is 360 g/mol. The number of hydrogen-bond acceptors (Lipinski definition) is 4. The average molecular weight is 360 g/mol. The van der Waals surface area contributed by atoms with Gasteiger partial charge >= 0.3 is 6.03 Å². The Morgan fingerprint density at radius 3 is 2.54 bits per heavy atom. The molecule has 0 radical (unpaired) electrons. The third-order valence-corrected chi connectivity index (χ3v) is 5.07. The molecule has 2 aliphatic rings. The summed E-state index contributed by atoms with van der Waals surface area (Å²) in [5.74, 6) is 0.284. The Hall–Kier alpha value is -2.31. The van der Waals surface area contributed by atoms with Gasteiger partial charge in [-0.1, -0.05) is 19.3 Å². The third kappa shape index (κ3) is 4.45. The van der Waals surface area contributed by atoms with Crippen LogP contribution in [0.5, 0.6) is 5.88 Å². The molecule has 1 saturated heterocycles. The Kier molecular flexibility index (Phi) is 6.30. The minimum atomic E-state index is -0.0890. The number of hydrogen-bond donors (Lipinski definition) is 1. The number of amides is 3. The van der Waals surface area contributed by atoms with Crippen molar-refractivity contribution in [3.8, 4) is 5.88 Å². The molecule has 1 aliphatic heterocycles. The van der Waals surface area contributed by atoms with Gasteiger partial charge in [0.05, 0.1) is 6.61 Å². The van der Waals surface area contributed by atoms with Crippen LogP contribution in [0.4, 0.5) is 4.79 Å². The van der Waals surface area contributed by atoms with E-state index in [2.05, 4.69) is 10.3 Å². The van der Waals surface area contributed by atoms with E-state index >= 15 is 0 Å². The van der Waals surface area contributed by atoms with Crippen LogP contribution in [0.15, 0.2) is 18.3 Å². The Morgan fingerprint density at radius 2 is 1.85 bits per heavy atom. The molecule has 3 rings (SSSR count).